The third kappa shape index (κ3) is 8.34. The molecule has 0 aliphatic carbocycles. The molecule has 1 aliphatic heterocycles. The molecule has 6 heteroatoms. The molecule has 1 heterocycles. The van der Waals surface area contributed by atoms with Crippen LogP contribution in [-0.2, 0) is 10.2 Å². The van der Waals surface area contributed by atoms with Crippen LogP contribution < -0.4 is 15.4 Å². The first-order valence-corrected chi connectivity index (χ1v) is 12.0. The third-order valence-electron chi connectivity index (χ3n) is 6.01. The molecule has 1 atom stereocenters. The fraction of sp³-hybridized carbons (Fsp3) is 0.720. The molecule has 0 aromatic heterocycles. The summed E-state index contributed by atoms with van der Waals surface area (Å²) in [5.41, 5.74) is 1.28. The number of benzene rings is 1. The van der Waals surface area contributed by atoms with Crippen LogP contribution in [0.25, 0.3) is 0 Å². The summed E-state index contributed by atoms with van der Waals surface area (Å²) in [6.45, 7) is 13.3. The lowest BCUT2D eigenvalue weighted by Gasteiger charge is -2.37. The minimum absolute atomic E-state index is 0.0201. The van der Waals surface area contributed by atoms with E-state index in [4.69, 9.17) is 14.5 Å². The highest BCUT2D eigenvalue weighted by Gasteiger charge is 2.34. The normalized spacial score (nSPS) is 17.4. The maximum absolute atomic E-state index is 9.41. The minimum atomic E-state index is -0.0201. The number of nitrogens with zero attached hydrogens (tertiary/aromatic N) is 1. The van der Waals surface area contributed by atoms with Gasteiger partial charge in [0.2, 0.25) is 0 Å². The van der Waals surface area contributed by atoms with E-state index in [-0.39, 0.29) is 12.0 Å². The SMILES string of the molecule is CCNC(=NCC1(c2ccc(OCC)cc2)CCOCC1)NCC(CCO)CC(C)C. The Morgan fingerprint density at radius 3 is 2.45 bits per heavy atom. The van der Waals surface area contributed by atoms with Crippen molar-refractivity contribution in [2.24, 2.45) is 16.8 Å². The maximum Gasteiger partial charge on any atom is 0.191 e. The Morgan fingerprint density at radius 2 is 1.87 bits per heavy atom. The van der Waals surface area contributed by atoms with E-state index in [2.05, 4.69) is 55.7 Å². The van der Waals surface area contributed by atoms with Crippen LogP contribution in [0.5, 0.6) is 5.75 Å². The lowest BCUT2D eigenvalue weighted by molar-refractivity contribution is 0.0531. The maximum atomic E-state index is 9.41. The molecule has 0 bridgehead atoms. The summed E-state index contributed by atoms with van der Waals surface area (Å²) in [4.78, 5) is 5.00. The van der Waals surface area contributed by atoms with Crippen molar-refractivity contribution in [1.82, 2.24) is 10.6 Å². The van der Waals surface area contributed by atoms with Gasteiger partial charge in [-0.3, -0.25) is 4.99 Å². The van der Waals surface area contributed by atoms with E-state index < -0.39 is 0 Å². The van der Waals surface area contributed by atoms with E-state index in [0.29, 0.717) is 25.0 Å². The second-order valence-corrected chi connectivity index (χ2v) is 8.93. The summed E-state index contributed by atoms with van der Waals surface area (Å²) >= 11 is 0. The molecule has 1 fully saturated rings. The van der Waals surface area contributed by atoms with Gasteiger partial charge in [-0.25, -0.2) is 0 Å². The number of rotatable bonds is 12. The Hall–Kier alpha value is -1.79. The van der Waals surface area contributed by atoms with Crippen LogP contribution >= 0.6 is 0 Å². The predicted molar refractivity (Wildman–Crippen MR) is 128 cm³/mol. The van der Waals surface area contributed by atoms with Crippen LogP contribution in [-0.4, -0.2) is 57.1 Å². The van der Waals surface area contributed by atoms with Gasteiger partial charge in [0.25, 0.3) is 0 Å². The van der Waals surface area contributed by atoms with Crippen molar-refractivity contribution in [3.8, 4) is 5.75 Å². The molecule has 0 saturated carbocycles. The van der Waals surface area contributed by atoms with Crippen LogP contribution in [0.4, 0.5) is 0 Å². The van der Waals surface area contributed by atoms with Gasteiger partial charge in [-0.05, 0) is 69.1 Å². The first-order chi connectivity index (χ1) is 15.0. The van der Waals surface area contributed by atoms with Crippen LogP contribution in [0.15, 0.2) is 29.3 Å². The molecule has 2 rings (SSSR count). The fourth-order valence-corrected chi connectivity index (χ4v) is 4.34. The Labute approximate surface area is 188 Å². The van der Waals surface area contributed by atoms with Crippen molar-refractivity contribution in [2.75, 3.05) is 46.1 Å². The average molecular weight is 434 g/mol. The molecule has 176 valence electrons. The Bertz CT molecular complexity index is 640. The van der Waals surface area contributed by atoms with Gasteiger partial charge in [0.1, 0.15) is 5.75 Å². The smallest absolute Gasteiger partial charge is 0.191 e. The highest BCUT2D eigenvalue weighted by Crippen LogP contribution is 2.36. The second kappa shape index (κ2) is 13.6. The lowest BCUT2D eigenvalue weighted by Crippen LogP contribution is -2.42. The van der Waals surface area contributed by atoms with E-state index in [9.17, 15) is 5.11 Å². The van der Waals surface area contributed by atoms with Crippen molar-refractivity contribution < 1.29 is 14.6 Å². The molecular formula is C25H43N3O3. The molecule has 0 spiro atoms. The summed E-state index contributed by atoms with van der Waals surface area (Å²) in [6.07, 6.45) is 3.84. The third-order valence-corrected chi connectivity index (χ3v) is 6.01. The van der Waals surface area contributed by atoms with Gasteiger partial charge < -0.3 is 25.2 Å². The summed E-state index contributed by atoms with van der Waals surface area (Å²) in [6, 6.07) is 8.50. The summed E-state index contributed by atoms with van der Waals surface area (Å²) in [7, 11) is 0. The van der Waals surface area contributed by atoms with Crippen molar-refractivity contribution in [3.63, 3.8) is 0 Å². The zero-order chi connectivity index (χ0) is 22.5. The van der Waals surface area contributed by atoms with E-state index in [0.717, 1.165) is 63.7 Å². The number of guanidine groups is 1. The zero-order valence-corrected chi connectivity index (χ0v) is 20.0. The highest BCUT2D eigenvalue weighted by molar-refractivity contribution is 5.79. The van der Waals surface area contributed by atoms with Crippen molar-refractivity contribution >= 4 is 5.96 Å². The topological polar surface area (TPSA) is 75.1 Å². The Balaban J connectivity index is 2.13. The zero-order valence-electron chi connectivity index (χ0n) is 20.0. The van der Waals surface area contributed by atoms with Gasteiger partial charge in [0.05, 0.1) is 13.2 Å². The number of hydrogen-bond acceptors (Lipinski definition) is 4. The molecule has 6 nitrogen and oxygen atoms in total. The standard InChI is InChI=1S/C25H43N3O3/c1-5-26-24(27-18-21(11-14-29)17-20(3)4)28-19-25(12-15-30-16-13-25)22-7-9-23(10-8-22)31-6-2/h7-10,20-21,29H,5-6,11-19H2,1-4H3,(H2,26,27,28). The number of ether oxygens (including phenoxy) is 2. The Kier molecular flexibility index (Phi) is 11.2. The molecular weight excluding hydrogens is 390 g/mol. The van der Waals surface area contributed by atoms with Crippen LogP contribution in [0.1, 0.15) is 58.9 Å². The molecule has 0 amide bonds. The van der Waals surface area contributed by atoms with Crippen molar-refractivity contribution in [2.45, 2.75) is 58.8 Å². The monoisotopic (exact) mass is 433 g/mol. The molecule has 31 heavy (non-hydrogen) atoms. The van der Waals surface area contributed by atoms with E-state index in [1.807, 2.05) is 6.92 Å². The van der Waals surface area contributed by atoms with Gasteiger partial charge in [0.15, 0.2) is 5.96 Å². The van der Waals surface area contributed by atoms with Crippen LogP contribution in [0.3, 0.4) is 0 Å². The highest BCUT2D eigenvalue weighted by atomic mass is 16.5. The summed E-state index contributed by atoms with van der Waals surface area (Å²) in [5, 5.41) is 16.3. The van der Waals surface area contributed by atoms with Crippen molar-refractivity contribution in [3.05, 3.63) is 29.8 Å². The largest absolute Gasteiger partial charge is 0.494 e. The van der Waals surface area contributed by atoms with E-state index in [1.54, 1.807) is 0 Å². The molecule has 1 unspecified atom stereocenters. The number of aliphatic imine (C=N–C) groups is 1. The van der Waals surface area contributed by atoms with Crippen LogP contribution in [0, 0.1) is 11.8 Å². The number of nitrogens with one attached hydrogen (secondary N) is 2. The molecule has 1 saturated heterocycles. The second-order valence-electron chi connectivity index (χ2n) is 8.93. The van der Waals surface area contributed by atoms with E-state index >= 15 is 0 Å². The predicted octanol–water partition coefficient (Wildman–Crippen LogP) is 3.73. The number of hydrogen-bond donors (Lipinski definition) is 3. The molecule has 3 N–H and O–H groups in total. The van der Waals surface area contributed by atoms with Crippen LogP contribution in [0.2, 0.25) is 0 Å². The van der Waals surface area contributed by atoms with Gasteiger partial charge >= 0.3 is 0 Å². The minimum Gasteiger partial charge on any atom is -0.494 e. The van der Waals surface area contributed by atoms with Gasteiger partial charge in [0, 0.05) is 38.3 Å². The van der Waals surface area contributed by atoms with Crippen molar-refractivity contribution in [1.29, 1.82) is 0 Å². The number of aliphatic hydroxyl groups excluding tert-OH is 1. The van der Waals surface area contributed by atoms with Gasteiger partial charge in [-0.2, -0.15) is 0 Å². The fourth-order valence-electron chi connectivity index (χ4n) is 4.34. The quantitative estimate of drug-likeness (QED) is 0.346. The Morgan fingerprint density at radius 1 is 1.16 bits per heavy atom. The molecule has 0 radical (unpaired) electrons. The first kappa shape index (κ1) is 25.5. The summed E-state index contributed by atoms with van der Waals surface area (Å²) < 4.78 is 11.3. The number of aliphatic hydroxyl groups is 1. The molecule has 1 aliphatic rings. The van der Waals surface area contributed by atoms with E-state index in [1.165, 1.54) is 5.56 Å². The lowest BCUT2D eigenvalue weighted by atomic mass is 9.74. The van der Waals surface area contributed by atoms with Gasteiger partial charge in [-0.15, -0.1) is 0 Å². The summed E-state index contributed by atoms with van der Waals surface area (Å²) in [5.74, 6) is 2.82. The molecule has 1 aromatic rings. The molecule has 1 aromatic carbocycles. The average Bonchev–Trinajstić information content (AvgIpc) is 2.77. The van der Waals surface area contributed by atoms with Gasteiger partial charge in [-0.1, -0.05) is 26.0 Å². The first-order valence-electron chi connectivity index (χ1n) is 12.0.